The zero-order valence-electron chi connectivity index (χ0n) is 18.1. The summed E-state index contributed by atoms with van der Waals surface area (Å²) in [6.07, 6.45) is 6.11. The van der Waals surface area contributed by atoms with Gasteiger partial charge < -0.3 is 20.4 Å². The molecule has 0 fully saturated rings. The number of rotatable bonds is 12. The molecular formula is C24H30N2O5. The van der Waals surface area contributed by atoms with Crippen molar-refractivity contribution in [1.82, 2.24) is 0 Å². The average Bonchev–Trinajstić information content (AvgIpc) is 2.73. The number of amides is 1. The SMILES string of the molecule is CN(C)c1ccc(C(=O)O)cc1NC(=O)CCCCCCCc1ccc(C(=O)O)cc1. The quantitative estimate of drug-likeness (QED) is 0.426. The molecule has 7 nitrogen and oxygen atoms in total. The van der Waals surface area contributed by atoms with Gasteiger partial charge in [-0.1, -0.05) is 31.4 Å². The van der Waals surface area contributed by atoms with Crippen molar-refractivity contribution in [2.24, 2.45) is 0 Å². The summed E-state index contributed by atoms with van der Waals surface area (Å²) < 4.78 is 0. The van der Waals surface area contributed by atoms with Gasteiger partial charge in [0.2, 0.25) is 5.91 Å². The molecule has 3 N–H and O–H groups in total. The number of benzene rings is 2. The van der Waals surface area contributed by atoms with E-state index in [9.17, 15) is 19.5 Å². The number of carbonyl (C=O) groups is 3. The van der Waals surface area contributed by atoms with Gasteiger partial charge >= 0.3 is 11.9 Å². The number of aryl methyl sites for hydroxylation is 1. The van der Waals surface area contributed by atoms with Crippen LogP contribution in [0, 0.1) is 0 Å². The predicted molar refractivity (Wildman–Crippen MR) is 121 cm³/mol. The van der Waals surface area contributed by atoms with Gasteiger partial charge in [-0.05, 0) is 55.2 Å². The number of aromatic carboxylic acids is 2. The molecule has 0 radical (unpaired) electrons. The number of unbranched alkanes of at least 4 members (excludes halogenated alkanes) is 4. The van der Waals surface area contributed by atoms with E-state index in [1.165, 1.54) is 12.1 Å². The van der Waals surface area contributed by atoms with Gasteiger partial charge in [-0.25, -0.2) is 9.59 Å². The van der Waals surface area contributed by atoms with Crippen LogP contribution in [0.15, 0.2) is 42.5 Å². The topological polar surface area (TPSA) is 107 Å². The summed E-state index contributed by atoms with van der Waals surface area (Å²) in [6, 6.07) is 11.7. The second kappa shape index (κ2) is 11.7. The summed E-state index contributed by atoms with van der Waals surface area (Å²) >= 11 is 0. The molecule has 0 aliphatic heterocycles. The van der Waals surface area contributed by atoms with Gasteiger partial charge in [-0.2, -0.15) is 0 Å². The number of hydrogen-bond acceptors (Lipinski definition) is 4. The van der Waals surface area contributed by atoms with Crippen LogP contribution in [-0.2, 0) is 11.2 Å². The van der Waals surface area contributed by atoms with Gasteiger partial charge in [0, 0.05) is 20.5 Å². The van der Waals surface area contributed by atoms with Crippen LogP contribution in [0.1, 0.15) is 64.8 Å². The molecule has 0 bridgehead atoms. The lowest BCUT2D eigenvalue weighted by Gasteiger charge is -2.18. The fraction of sp³-hybridized carbons (Fsp3) is 0.375. The molecule has 0 aliphatic rings. The van der Waals surface area contributed by atoms with Crippen molar-refractivity contribution in [3.63, 3.8) is 0 Å². The first-order valence-electron chi connectivity index (χ1n) is 10.4. The molecular weight excluding hydrogens is 396 g/mol. The largest absolute Gasteiger partial charge is 0.478 e. The lowest BCUT2D eigenvalue weighted by molar-refractivity contribution is -0.116. The van der Waals surface area contributed by atoms with E-state index < -0.39 is 11.9 Å². The fourth-order valence-electron chi connectivity index (χ4n) is 3.33. The zero-order valence-corrected chi connectivity index (χ0v) is 18.1. The molecule has 0 atom stereocenters. The fourth-order valence-corrected chi connectivity index (χ4v) is 3.33. The highest BCUT2D eigenvalue weighted by atomic mass is 16.4. The molecule has 166 valence electrons. The minimum absolute atomic E-state index is 0.121. The number of nitrogens with one attached hydrogen (secondary N) is 1. The zero-order chi connectivity index (χ0) is 22.8. The third-order valence-electron chi connectivity index (χ3n) is 5.07. The van der Waals surface area contributed by atoms with Crippen LogP contribution in [0.3, 0.4) is 0 Å². The number of carboxylic acids is 2. The number of nitrogens with zero attached hydrogens (tertiary/aromatic N) is 1. The maximum Gasteiger partial charge on any atom is 0.335 e. The van der Waals surface area contributed by atoms with Crippen LogP contribution < -0.4 is 10.2 Å². The van der Waals surface area contributed by atoms with Crippen molar-refractivity contribution in [2.45, 2.75) is 44.9 Å². The summed E-state index contributed by atoms with van der Waals surface area (Å²) in [5, 5.41) is 20.9. The van der Waals surface area contributed by atoms with E-state index in [0.29, 0.717) is 17.7 Å². The molecule has 2 aromatic rings. The van der Waals surface area contributed by atoms with Crippen LogP contribution in [0.4, 0.5) is 11.4 Å². The van der Waals surface area contributed by atoms with E-state index >= 15 is 0 Å². The second-order valence-electron chi connectivity index (χ2n) is 7.75. The van der Waals surface area contributed by atoms with E-state index in [1.54, 1.807) is 18.2 Å². The number of hydrogen-bond donors (Lipinski definition) is 3. The third-order valence-corrected chi connectivity index (χ3v) is 5.07. The monoisotopic (exact) mass is 426 g/mol. The van der Waals surface area contributed by atoms with E-state index in [-0.39, 0.29) is 11.5 Å². The molecule has 0 aromatic heterocycles. The first-order chi connectivity index (χ1) is 14.8. The first kappa shape index (κ1) is 23.9. The molecule has 31 heavy (non-hydrogen) atoms. The van der Waals surface area contributed by atoms with Crippen molar-refractivity contribution in [2.75, 3.05) is 24.3 Å². The van der Waals surface area contributed by atoms with Crippen molar-refractivity contribution in [1.29, 1.82) is 0 Å². The molecule has 0 heterocycles. The maximum atomic E-state index is 12.3. The Morgan fingerprint density at radius 2 is 1.39 bits per heavy atom. The highest BCUT2D eigenvalue weighted by molar-refractivity contribution is 5.97. The van der Waals surface area contributed by atoms with Gasteiger partial charge in [0.15, 0.2) is 0 Å². The summed E-state index contributed by atoms with van der Waals surface area (Å²) in [5.41, 5.74) is 2.83. The van der Waals surface area contributed by atoms with Crippen LogP contribution in [0.25, 0.3) is 0 Å². The highest BCUT2D eigenvalue weighted by Gasteiger charge is 2.12. The third kappa shape index (κ3) is 7.77. The van der Waals surface area contributed by atoms with Crippen LogP contribution in [-0.4, -0.2) is 42.2 Å². The molecule has 1 amide bonds. The molecule has 0 aliphatic carbocycles. The Kier molecular flexibility index (Phi) is 9.06. The molecule has 2 rings (SSSR count). The Labute approximate surface area is 182 Å². The Morgan fingerprint density at radius 3 is 2.00 bits per heavy atom. The summed E-state index contributed by atoms with van der Waals surface area (Å²) in [5.74, 6) is -2.06. The number of carbonyl (C=O) groups excluding carboxylic acids is 1. The normalized spacial score (nSPS) is 10.5. The van der Waals surface area contributed by atoms with Gasteiger partial charge in [0.25, 0.3) is 0 Å². The van der Waals surface area contributed by atoms with Gasteiger partial charge in [-0.3, -0.25) is 4.79 Å². The Hall–Kier alpha value is -3.35. The summed E-state index contributed by atoms with van der Waals surface area (Å²) in [6.45, 7) is 0. The molecule has 0 unspecified atom stereocenters. The van der Waals surface area contributed by atoms with Crippen molar-refractivity contribution in [3.8, 4) is 0 Å². The lowest BCUT2D eigenvalue weighted by Crippen LogP contribution is -2.17. The van der Waals surface area contributed by atoms with Crippen molar-refractivity contribution < 1.29 is 24.6 Å². The van der Waals surface area contributed by atoms with Crippen LogP contribution >= 0.6 is 0 Å². The van der Waals surface area contributed by atoms with E-state index in [4.69, 9.17) is 5.11 Å². The van der Waals surface area contributed by atoms with Crippen LogP contribution in [0.2, 0.25) is 0 Å². The molecule has 2 aromatic carbocycles. The first-order valence-corrected chi connectivity index (χ1v) is 10.4. The second-order valence-corrected chi connectivity index (χ2v) is 7.75. The number of anilines is 2. The van der Waals surface area contributed by atoms with Crippen molar-refractivity contribution >= 4 is 29.2 Å². The summed E-state index contributed by atoms with van der Waals surface area (Å²) in [7, 11) is 3.68. The highest BCUT2D eigenvalue weighted by Crippen LogP contribution is 2.26. The van der Waals surface area contributed by atoms with Gasteiger partial charge in [-0.15, -0.1) is 0 Å². The minimum atomic E-state index is -1.03. The molecule has 0 spiro atoms. The van der Waals surface area contributed by atoms with Crippen LogP contribution in [0.5, 0.6) is 0 Å². The number of carboxylic acid groups (broad SMARTS) is 2. The molecule has 7 heteroatoms. The van der Waals surface area contributed by atoms with Gasteiger partial charge in [0.05, 0.1) is 22.5 Å². The van der Waals surface area contributed by atoms with E-state index in [0.717, 1.165) is 49.8 Å². The Balaban J connectivity index is 1.69. The van der Waals surface area contributed by atoms with E-state index in [2.05, 4.69) is 5.32 Å². The Bertz CT molecular complexity index is 907. The molecule has 0 saturated heterocycles. The minimum Gasteiger partial charge on any atom is -0.478 e. The maximum absolute atomic E-state index is 12.3. The lowest BCUT2D eigenvalue weighted by atomic mass is 10.0. The predicted octanol–water partition coefficient (Wildman–Crippen LogP) is 4.67. The molecule has 0 saturated carbocycles. The average molecular weight is 427 g/mol. The van der Waals surface area contributed by atoms with E-state index in [1.807, 2.05) is 31.1 Å². The van der Waals surface area contributed by atoms with Crippen molar-refractivity contribution in [3.05, 3.63) is 59.2 Å². The standard InChI is InChI=1S/C24H30N2O5/c1-26(2)21-15-14-19(24(30)31)16-20(21)25-22(27)9-7-5-3-4-6-8-17-10-12-18(13-11-17)23(28)29/h10-16H,3-9H2,1-2H3,(H,25,27)(H,28,29)(H,30,31). The summed E-state index contributed by atoms with van der Waals surface area (Å²) in [4.78, 5) is 36.2. The van der Waals surface area contributed by atoms with Gasteiger partial charge in [0.1, 0.15) is 0 Å². The Morgan fingerprint density at radius 1 is 0.806 bits per heavy atom. The smallest absolute Gasteiger partial charge is 0.335 e.